The Hall–Kier alpha value is -2.18. The highest BCUT2D eigenvalue weighted by Crippen LogP contribution is 2.36. The van der Waals surface area contributed by atoms with Crippen molar-refractivity contribution in [2.24, 2.45) is 11.8 Å². The lowest BCUT2D eigenvalue weighted by Crippen LogP contribution is -2.46. The summed E-state index contributed by atoms with van der Waals surface area (Å²) in [6.45, 7) is 6.45. The molecule has 3 atom stereocenters. The van der Waals surface area contributed by atoms with Crippen LogP contribution in [0.3, 0.4) is 0 Å². The lowest BCUT2D eigenvalue weighted by molar-refractivity contribution is -0.159. The normalized spacial score (nSPS) is 24.6. The number of amides is 3. The van der Waals surface area contributed by atoms with Gasteiger partial charge in [0.2, 0.25) is 11.8 Å². The van der Waals surface area contributed by atoms with Crippen LogP contribution in [0.1, 0.15) is 40.5 Å². The van der Waals surface area contributed by atoms with Crippen LogP contribution in [0.2, 0.25) is 0 Å². The second kappa shape index (κ2) is 6.75. The van der Waals surface area contributed by atoms with Gasteiger partial charge < -0.3 is 10.1 Å². The quantitative estimate of drug-likeness (QED) is 0.465. The van der Waals surface area contributed by atoms with Crippen LogP contribution in [-0.2, 0) is 23.9 Å². The molecule has 1 heterocycles. The Bertz CT molecular complexity index is 564. The van der Waals surface area contributed by atoms with Crippen LogP contribution >= 0.6 is 0 Å². The van der Waals surface area contributed by atoms with Crippen molar-refractivity contribution in [2.45, 2.75) is 52.1 Å². The molecule has 0 bridgehead atoms. The maximum Gasteiger partial charge on any atom is 0.329 e. The molecule has 24 heavy (non-hydrogen) atoms. The standard InChI is InChI=1S/C17H24N2O5/c1-10(16(23)24-9-13(20)18-17(2,3)4)19-14(21)11-7-5-6-8-12(11)15(19)22/h5-6,10-12H,7-9H2,1-4H3,(H,18,20)/t10-,11+,12+/m0/s1. The summed E-state index contributed by atoms with van der Waals surface area (Å²) in [7, 11) is 0. The summed E-state index contributed by atoms with van der Waals surface area (Å²) in [5.74, 6) is -2.63. The molecular weight excluding hydrogens is 312 g/mol. The summed E-state index contributed by atoms with van der Waals surface area (Å²) in [5.41, 5.74) is -0.432. The highest BCUT2D eigenvalue weighted by Gasteiger charge is 2.50. The fraction of sp³-hybridized carbons (Fsp3) is 0.647. The average Bonchev–Trinajstić information content (AvgIpc) is 2.74. The maximum absolute atomic E-state index is 12.4. The first kappa shape index (κ1) is 18.2. The summed E-state index contributed by atoms with van der Waals surface area (Å²) in [6.07, 6.45) is 4.80. The molecule has 2 aliphatic rings. The van der Waals surface area contributed by atoms with Crippen molar-refractivity contribution >= 4 is 23.7 Å². The van der Waals surface area contributed by atoms with E-state index in [0.717, 1.165) is 4.90 Å². The number of esters is 1. The number of hydrogen-bond acceptors (Lipinski definition) is 5. The largest absolute Gasteiger partial charge is 0.454 e. The molecule has 0 aromatic carbocycles. The Kier molecular flexibility index (Phi) is 5.11. The number of nitrogens with one attached hydrogen (secondary N) is 1. The van der Waals surface area contributed by atoms with Gasteiger partial charge >= 0.3 is 5.97 Å². The van der Waals surface area contributed by atoms with E-state index in [9.17, 15) is 19.2 Å². The van der Waals surface area contributed by atoms with Crippen LogP contribution in [0, 0.1) is 11.8 Å². The van der Waals surface area contributed by atoms with E-state index < -0.39 is 30.1 Å². The first-order valence-corrected chi connectivity index (χ1v) is 8.11. The van der Waals surface area contributed by atoms with Gasteiger partial charge in [-0.3, -0.25) is 19.3 Å². The zero-order chi connectivity index (χ0) is 18.1. The SMILES string of the molecule is C[C@@H](C(=O)OCC(=O)NC(C)(C)C)N1C(=O)[C@@H]2CC=CC[C@H]2C1=O. The van der Waals surface area contributed by atoms with E-state index in [1.165, 1.54) is 6.92 Å². The van der Waals surface area contributed by atoms with E-state index in [-0.39, 0.29) is 23.7 Å². The summed E-state index contributed by atoms with van der Waals surface area (Å²) in [6, 6.07) is -1.03. The van der Waals surface area contributed by atoms with Crippen molar-refractivity contribution in [1.29, 1.82) is 0 Å². The topological polar surface area (TPSA) is 92.8 Å². The van der Waals surface area contributed by atoms with Gasteiger partial charge in [-0.25, -0.2) is 4.79 Å². The van der Waals surface area contributed by atoms with Crippen molar-refractivity contribution in [3.05, 3.63) is 12.2 Å². The molecule has 0 aromatic rings. The number of hydrogen-bond donors (Lipinski definition) is 1. The van der Waals surface area contributed by atoms with E-state index >= 15 is 0 Å². The fourth-order valence-corrected chi connectivity index (χ4v) is 3.02. The van der Waals surface area contributed by atoms with Crippen molar-refractivity contribution in [3.63, 3.8) is 0 Å². The third-order valence-corrected chi connectivity index (χ3v) is 4.13. The van der Waals surface area contributed by atoms with Gasteiger partial charge in [0, 0.05) is 5.54 Å². The average molecular weight is 336 g/mol. The number of ether oxygens (including phenoxy) is 1. The molecule has 0 spiro atoms. The van der Waals surface area contributed by atoms with Crippen LogP contribution in [-0.4, -0.2) is 46.8 Å². The van der Waals surface area contributed by atoms with E-state index in [2.05, 4.69) is 5.32 Å². The van der Waals surface area contributed by atoms with Crippen molar-refractivity contribution in [3.8, 4) is 0 Å². The molecule has 1 aliphatic heterocycles. The minimum absolute atomic E-state index is 0.335. The van der Waals surface area contributed by atoms with Gasteiger partial charge in [0.05, 0.1) is 11.8 Å². The molecular formula is C17H24N2O5. The van der Waals surface area contributed by atoms with E-state index in [4.69, 9.17) is 4.74 Å². The van der Waals surface area contributed by atoms with Crippen LogP contribution in [0.5, 0.6) is 0 Å². The van der Waals surface area contributed by atoms with Gasteiger partial charge in [-0.15, -0.1) is 0 Å². The highest BCUT2D eigenvalue weighted by atomic mass is 16.5. The highest BCUT2D eigenvalue weighted by molar-refractivity contribution is 6.08. The Balaban J connectivity index is 1.95. The number of carbonyl (C=O) groups is 4. The zero-order valence-electron chi connectivity index (χ0n) is 14.5. The molecule has 1 N–H and O–H groups in total. The summed E-state index contributed by atoms with van der Waals surface area (Å²) < 4.78 is 4.96. The third kappa shape index (κ3) is 3.83. The Labute approximate surface area is 141 Å². The first-order chi connectivity index (χ1) is 11.1. The van der Waals surface area contributed by atoms with Crippen molar-refractivity contribution in [1.82, 2.24) is 10.2 Å². The van der Waals surface area contributed by atoms with Crippen LogP contribution in [0.15, 0.2) is 12.2 Å². The molecule has 0 aromatic heterocycles. The zero-order valence-corrected chi connectivity index (χ0v) is 14.5. The molecule has 0 radical (unpaired) electrons. The van der Waals surface area contributed by atoms with Crippen LogP contribution < -0.4 is 5.32 Å². The molecule has 3 amide bonds. The molecule has 1 aliphatic carbocycles. The van der Waals surface area contributed by atoms with Crippen molar-refractivity contribution < 1.29 is 23.9 Å². The second-order valence-corrected chi connectivity index (χ2v) is 7.28. The number of imide groups is 1. The summed E-state index contributed by atoms with van der Waals surface area (Å²) in [4.78, 5) is 49.6. The number of rotatable bonds is 4. The first-order valence-electron chi connectivity index (χ1n) is 8.11. The molecule has 7 heteroatoms. The molecule has 2 rings (SSSR count). The molecule has 1 saturated heterocycles. The molecule has 1 fully saturated rings. The summed E-state index contributed by atoms with van der Waals surface area (Å²) in [5, 5.41) is 2.67. The van der Waals surface area contributed by atoms with Gasteiger partial charge in [0.15, 0.2) is 6.61 Å². The molecule has 7 nitrogen and oxygen atoms in total. The third-order valence-electron chi connectivity index (χ3n) is 4.13. The predicted octanol–water partition coefficient (Wildman–Crippen LogP) is 0.784. The number of fused-ring (bicyclic) bond motifs is 1. The van der Waals surface area contributed by atoms with E-state index in [1.807, 2.05) is 32.9 Å². The predicted molar refractivity (Wildman–Crippen MR) is 85.5 cm³/mol. The second-order valence-electron chi connectivity index (χ2n) is 7.28. The molecule has 0 unspecified atom stereocenters. The van der Waals surface area contributed by atoms with Crippen LogP contribution in [0.4, 0.5) is 0 Å². The smallest absolute Gasteiger partial charge is 0.329 e. The lowest BCUT2D eigenvalue weighted by atomic mass is 9.85. The van der Waals surface area contributed by atoms with E-state index in [0.29, 0.717) is 12.8 Å². The Morgan fingerprint density at radius 2 is 1.71 bits per heavy atom. The Morgan fingerprint density at radius 1 is 1.21 bits per heavy atom. The van der Waals surface area contributed by atoms with Gasteiger partial charge in [0.25, 0.3) is 5.91 Å². The maximum atomic E-state index is 12.4. The number of nitrogens with zero attached hydrogens (tertiary/aromatic N) is 1. The van der Waals surface area contributed by atoms with Gasteiger partial charge in [-0.1, -0.05) is 12.2 Å². The monoisotopic (exact) mass is 336 g/mol. The molecule has 0 saturated carbocycles. The molecule has 132 valence electrons. The minimum atomic E-state index is -1.03. The summed E-state index contributed by atoms with van der Waals surface area (Å²) >= 11 is 0. The number of carbonyl (C=O) groups excluding carboxylic acids is 4. The van der Waals surface area contributed by atoms with Gasteiger partial charge in [-0.2, -0.15) is 0 Å². The lowest BCUT2D eigenvalue weighted by Gasteiger charge is -2.23. The van der Waals surface area contributed by atoms with Crippen molar-refractivity contribution in [2.75, 3.05) is 6.61 Å². The van der Waals surface area contributed by atoms with E-state index in [1.54, 1.807) is 0 Å². The fourth-order valence-electron chi connectivity index (χ4n) is 3.02. The van der Waals surface area contributed by atoms with Crippen LogP contribution in [0.25, 0.3) is 0 Å². The number of likely N-dealkylation sites (tertiary alicyclic amines) is 1. The Morgan fingerprint density at radius 3 is 2.17 bits per heavy atom. The number of allylic oxidation sites excluding steroid dienone is 2. The van der Waals surface area contributed by atoms with Gasteiger partial charge in [0.1, 0.15) is 6.04 Å². The van der Waals surface area contributed by atoms with Gasteiger partial charge in [-0.05, 0) is 40.5 Å². The minimum Gasteiger partial charge on any atom is -0.454 e.